The molecule has 0 saturated carbocycles. The van der Waals surface area contributed by atoms with E-state index in [-0.39, 0.29) is 5.92 Å². The summed E-state index contributed by atoms with van der Waals surface area (Å²) in [5, 5.41) is 0. The SMILES string of the molecule is CC(C)C(CCCCC(C)(C)C)C(=O)N1CCCC1. The van der Waals surface area contributed by atoms with Gasteiger partial charge in [-0.05, 0) is 37.0 Å². The third-order valence-electron chi connectivity index (χ3n) is 4.23. The van der Waals surface area contributed by atoms with E-state index in [1.165, 1.54) is 32.1 Å². The maximum absolute atomic E-state index is 12.5. The fourth-order valence-corrected chi connectivity index (χ4v) is 2.93. The number of unbranched alkanes of at least 4 members (excludes halogenated alkanes) is 1. The molecule has 0 aromatic rings. The van der Waals surface area contributed by atoms with Gasteiger partial charge in [0.15, 0.2) is 0 Å². The highest BCUT2D eigenvalue weighted by Gasteiger charge is 2.28. The second-order valence-electron chi connectivity index (χ2n) is 7.69. The third-order valence-corrected chi connectivity index (χ3v) is 4.23. The van der Waals surface area contributed by atoms with Crippen LogP contribution in [-0.2, 0) is 4.79 Å². The molecule has 0 spiro atoms. The Balaban J connectivity index is 2.38. The van der Waals surface area contributed by atoms with E-state index in [1.54, 1.807) is 0 Å². The molecule has 1 amide bonds. The van der Waals surface area contributed by atoms with Gasteiger partial charge in [-0.15, -0.1) is 0 Å². The fourth-order valence-electron chi connectivity index (χ4n) is 2.93. The summed E-state index contributed by atoms with van der Waals surface area (Å²) >= 11 is 0. The maximum atomic E-state index is 12.5. The van der Waals surface area contributed by atoms with E-state index < -0.39 is 0 Å². The van der Waals surface area contributed by atoms with Gasteiger partial charge in [0.05, 0.1) is 0 Å². The highest BCUT2D eigenvalue weighted by Crippen LogP contribution is 2.26. The van der Waals surface area contributed by atoms with Crippen LogP contribution < -0.4 is 0 Å². The minimum atomic E-state index is 0.248. The van der Waals surface area contributed by atoms with Gasteiger partial charge < -0.3 is 4.90 Å². The zero-order valence-electron chi connectivity index (χ0n) is 13.7. The molecule has 0 bridgehead atoms. The number of likely N-dealkylation sites (tertiary alicyclic amines) is 1. The van der Waals surface area contributed by atoms with Gasteiger partial charge in [0.25, 0.3) is 0 Å². The molecule has 112 valence electrons. The van der Waals surface area contributed by atoms with Gasteiger partial charge in [-0.2, -0.15) is 0 Å². The number of amides is 1. The molecule has 0 aromatic carbocycles. The van der Waals surface area contributed by atoms with E-state index in [2.05, 4.69) is 39.5 Å². The van der Waals surface area contributed by atoms with Crippen LogP contribution in [0.4, 0.5) is 0 Å². The molecule has 2 heteroatoms. The standard InChI is InChI=1S/C17H33NO/c1-14(2)15(10-6-7-11-17(3,4)5)16(19)18-12-8-9-13-18/h14-15H,6-13H2,1-5H3. The van der Waals surface area contributed by atoms with E-state index in [4.69, 9.17) is 0 Å². The summed E-state index contributed by atoms with van der Waals surface area (Å²) in [6, 6.07) is 0. The van der Waals surface area contributed by atoms with Gasteiger partial charge in [-0.3, -0.25) is 4.79 Å². The molecule has 19 heavy (non-hydrogen) atoms. The molecule has 0 aliphatic carbocycles. The van der Waals surface area contributed by atoms with Crippen molar-refractivity contribution in [3.05, 3.63) is 0 Å². The van der Waals surface area contributed by atoms with Gasteiger partial charge >= 0.3 is 0 Å². The lowest BCUT2D eigenvalue weighted by Crippen LogP contribution is -2.36. The summed E-state index contributed by atoms with van der Waals surface area (Å²) in [7, 11) is 0. The Morgan fingerprint density at radius 3 is 2.16 bits per heavy atom. The minimum absolute atomic E-state index is 0.248. The molecular formula is C17H33NO. The zero-order valence-corrected chi connectivity index (χ0v) is 13.7. The van der Waals surface area contributed by atoms with Gasteiger partial charge in [0, 0.05) is 19.0 Å². The average Bonchev–Trinajstić information content (AvgIpc) is 2.79. The fraction of sp³-hybridized carbons (Fsp3) is 0.941. The number of hydrogen-bond acceptors (Lipinski definition) is 1. The molecule has 1 aliphatic heterocycles. The lowest BCUT2D eigenvalue weighted by molar-refractivity contribution is -0.136. The number of carbonyl (C=O) groups is 1. The van der Waals surface area contributed by atoms with Crippen LogP contribution >= 0.6 is 0 Å². The number of hydrogen-bond donors (Lipinski definition) is 0. The number of nitrogens with zero attached hydrogens (tertiary/aromatic N) is 1. The Hall–Kier alpha value is -0.530. The second kappa shape index (κ2) is 7.31. The molecule has 2 nitrogen and oxygen atoms in total. The van der Waals surface area contributed by atoms with E-state index in [0.717, 1.165) is 19.5 Å². The zero-order chi connectivity index (χ0) is 14.5. The largest absolute Gasteiger partial charge is 0.342 e. The summed E-state index contributed by atoms with van der Waals surface area (Å²) in [5.74, 6) is 1.14. The van der Waals surface area contributed by atoms with Gasteiger partial charge in [-0.1, -0.05) is 47.5 Å². The topological polar surface area (TPSA) is 20.3 Å². The average molecular weight is 267 g/mol. The lowest BCUT2D eigenvalue weighted by Gasteiger charge is -2.26. The van der Waals surface area contributed by atoms with Crippen LogP contribution in [0, 0.1) is 17.3 Å². The Kier molecular flexibility index (Phi) is 6.35. The van der Waals surface area contributed by atoms with Crippen LogP contribution in [0.25, 0.3) is 0 Å². The van der Waals surface area contributed by atoms with Crippen molar-refractivity contribution in [1.82, 2.24) is 4.90 Å². The van der Waals surface area contributed by atoms with Crippen molar-refractivity contribution >= 4 is 5.91 Å². The molecule has 0 radical (unpaired) electrons. The predicted molar refractivity (Wildman–Crippen MR) is 82.1 cm³/mol. The predicted octanol–water partition coefficient (Wildman–Crippen LogP) is 4.49. The minimum Gasteiger partial charge on any atom is -0.342 e. The summed E-state index contributed by atoms with van der Waals surface area (Å²) in [6.45, 7) is 13.3. The number of rotatable bonds is 6. The molecule has 1 saturated heterocycles. The molecular weight excluding hydrogens is 234 g/mol. The van der Waals surface area contributed by atoms with Crippen LogP contribution in [0.3, 0.4) is 0 Å². The molecule has 1 rings (SSSR count). The van der Waals surface area contributed by atoms with Crippen molar-refractivity contribution in [3.8, 4) is 0 Å². The van der Waals surface area contributed by atoms with Crippen molar-refractivity contribution in [2.45, 2.75) is 73.1 Å². The Morgan fingerprint density at radius 2 is 1.68 bits per heavy atom. The van der Waals surface area contributed by atoms with Crippen LogP contribution in [0.15, 0.2) is 0 Å². The van der Waals surface area contributed by atoms with Crippen LogP contribution in [0.5, 0.6) is 0 Å². The van der Waals surface area contributed by atoms with Crippen molar-refractivity contribution in [2.75, 3.05) is 13.1 Å². The van der Waals surface area contributed by atoms with E-state index >= 15 is 0 Å². The van der Waals surface area contributed by atoms with Crippen molar-refractivity contribution in [2.24, 2.45) is 17.3 Å². The lowest BCUT2D eigenvalue weighted by atomic mass is 9.85. The maximum Gasteiger partial charge on any atom is 0.225 e. The van der Waals surface area contributed by atoms with Gasteiger partial charge in [-0.25, -0.2) is 0 Å². The van der Waals surface area contributed by atoms with E-state index in [9.17, 15) is 4.79 Å². The van der Waals surface area contributed by atoms with Crippen LogP contribution in [0.2, 0.25) is 0 Å². The normalized spacial score (nSPS) is 18.1. The first-order chi connectivity index (χ1) is 8.81. The molecule has 0 aromatic heterocycles. The first-order valence-corrected chi connectivity index (χ1v) is 8.10. The Bertz CT molecular complexity index is 271. The van der Waals surface area contributed by atoms with E-state index in [0.29, 0.717) is 17.2 Å². The molecule has 1 heterocycles. The summed E-state index contributed by atoms with van der Waals surface area (Å²) < 4.78 is 0. The highest BCUT2D eigenvalue weighted by molar-refractivity contribution is 5.79. The summed E-state index contributed by atoms with van der Waals surface area (Å²) in [4.78, 5) is 14.6. The first-order valence-electron chi connectivity index (χ1n) is 8.10. The Morgan fingerprint density at radius 1 is 1.11 bits per heavy atom. The van der Waals surface area contributed by atoms with Crippen molar-refractivity contribution in [3.63, 3.8) is 0 Å². The molecule has 1 fully saturated rings. The summed E-state index contributed by atoms with van der Waals surface area (Å²) in [5.41, 5.74) is 0.423. The first kappa shape index (κ1) is 16.5. The molecule has 1 atom stereocenters. The van der Waals surface area contributed by atoms with Crippen molar-refractivity contribution < 1.29 is 4.79 Å². The molecule has 0 N–H and O–H groups in total. The van der Waals surface area contributed by atoms with Gasteiger partial charge in [0.2, 0.25) is 5.91 Å². The quantitative estimate of drug-likeness (QED) is 0.649. The van der Waals surface area contributed by atoms with Crippen LogP contribution in [-0.4, -0.2) is 23.9 Å². The molecule has 1 unspecified atom stereocenters. The van der Waals surface area contributed by atoms with E-state index in [1.807, 2.05) is 0 Å². The number of carbonyl (C=O) groups excluding carboxylic acids is 1. The van der Waals surface area contributed by atoms with Gasteiger partial charge in [0.1, 0.15) is 0 Å². The van der Waals surface area contributed by atoms with Crippen molar-refractivity contribution in [1.29, 1.82) is 0 Å². The third kappa shape index (κ3) is 5.97. The summed E-state index contributed by atoms with van der Waals surface area (Å²) in [6.07, 6.45) is 7.17. The Labute approximate surface area is 119 Å². The second-order valence-corrected chi connectivity index (χ2v) is 7.69. The highest BCUT2D eigenvalue weighted by atomic mass is 16.2. The smallest absolute Gasteiger partial charge is 0.225 e. The monoisotopic (exact) mass is 267 g/mol. The molecule has 1 aliphatic rings. The van der Waals surface area contributed by atoms with Crippen LogP contribution in [0.1, 0.15) is 73.1 Å².